The molecule has 1 aliphatic rings. The van der Waals surface area contributed by atoms with E-state index >= 15 is 0 Å². The molecule has 0 N–H and O–H groups in total. The molecule has 2 heterocycles. The third kappa shape index (κ3) is 4.60. The van der Waals surface area contributed by atoms with E-state index in [0.29, 0.717) is 23.6 Å². The van der Waals surface area contributed by atoms with E-state index in [9.17, 15) is 0 Å². The molecule has 208 valence electrons. The third-order valence-electron chi connectivity index (χ3n) is 8.04. The number of rotatable bonds is 8. The molecule has 8 nitrogen and oxygen atoms in total. The highest BCUT2D eigenvalue weighted by molar-refractivity contribution is 5.54. The molecule has 0 saturated heterocycles. The van der Waals surface area contributed by atoms with Crippen LogP contribution in [0.2, 0.25) is 0 Å². The average molecular weight is 557 g/mol. The highest BCUT2D eigenvalue weighted by Gasteiger charge is 2.57. The molecule has 42 heavy (non-hydrogen) atoms. The van der Waals surface area contributed by atoms with Gasteiger partial charge in [0.1, 0.15) is 11.5 Å². The minimum Gasteiger partial charge on any atom is -0.497 e. The smallest absolute Gasteiger partial charge is 0.247 e. The molecular formula is C34H28N4O4. The van der Waals surface area contributed by atoms with Gasteiger partial charge >= 0.3 is 0 Å². The van der Waals surface area contributed by atoms with Crippen LogP contribution in [-0.2, 0) is 0 Å². The van der Waals surface area contributed by atoms with Crippen molar-refractivity contribution >= 4 is 0 Å². The van der Waals surface area contributed by atoms with Crippen LogP contribution in [0, 0.1) is 0 Å². The van der Waals surface area contributed by atoms with Gasteiger partial charge in [0.2, 0.25) is 23.6 Å². The van der Waals surface area contributed by atoms with Gasteiger partial charge in [0.05, 0.1) is 26.1 Å². The van der Waals surface area contributed by atoms with Crippen LogP contribution in [-0.4, -0.2) is 34.6 Å². The molecule has 0 radical (unpaired) electrons. The van der Waals surface area contributed by atoms with Crippen LogP contribution in [0.5, 0.6) is 11.5 Å². The normalized spacial score (nSPS) is 19.7. The van der Waals surface area contributed by atoms with E-state index in [1.165, 1.54) is 0 Å². The van der Waals surface area contributed by atoms with Gasteiger partial charge in [0, 0.05) is 23.0 Å². The fourth-order valence-electron chi connectivity index (χ4n) is 5.98. The van der Waals surface area contributed by atoms with Gasteiger partial charge in [-0.15, -0.1) is 20.4 Å². The molecule has 7 rings (SSSR count). The molecule has 0 aliphatic heterocycles. The molecule has 0 bridgehead atoms. The number of methoxy groups -OCH3 is 2. The maximum atomic E-state index is 6.38. The van der Waals surface area contributed by atoms with Gasteiger partial charge in [-0.25, -0.2) is 0 Å². The van der Waals surface area contributed by atoms with Crippen molar-refractivity contribution in [2.75, 3.05) is 14.2 Å². The van der Waals surface area contributed by atoms with Crippen molar-refractivity contribution in [1.29, 1.82) is 0 Å². The van der Waals surface area contributed by atoms with Crippen LogP contribution in [0.3, 0.4) is 0 Å². The van der Waals surface area contributed by atoms with E-state index in [0.717, 1.165) is 33.8 Å². The number of nitrogens with zero attached hydrogens (tertiary/aromatic N) is 4. The molecule has 4 aromatic carbocycles. The highest BCUT2D eigenvalue weighted by Crippen LogP contribution is 2.66. The van der Waals surface area contributed by atoms with Crippen molar-refractivity contribution in [3.8, 4) is 34.4 Å². The van der Waals surface area contributed by atoms with Crippen LogP contribution < -0.4 is 9.47 Å². The zero-order chi connectivity index (χ0) is 28.5. The van der Waals surface area contributed by atoms with E-state index < -0.39 is 0 Å². The monoisotopic (exact) mass is 556 g/mol. The van der Waals surface area contributed by atoms with Crippen LogP contribution in [0.1, 0.15) is 46.6 Å². The molecule has 1 fully saturated rings. The highest BCUT2D eigenvalue weighted by atomic mass is 16.5. The summed E-state index contributed by atoms with van der Waals surface area (Å²) in [6.07, 6.45) is 0. The SMILES string of the molecule is COc1ccc([C@@H]2[C@H](c3ccc(OC)cc3)[C@@H](c3nnc(-c4ccccc4)o3)[C@H]2c2nnc(-c3ccccc3)o2)cc1. The van der Waals surface area contributed by atoms with Gasteiger partial charge in [-0.1, -0.05) is 60.7 Å². The Bertz CT molecular complexity index is 1630. The topological polar surface area (TPSA) is 96.3 Å². The van der Waals surface area contributed by atoms with Crippen LogP contribution in [0.4, 0.5) is 0 Å². The van der Waals surface area contributed by atoms with E-state index in [2.05, 4.69) is 44.7 Å². The second-order valence-corrected chi connectivity index (χ2v) is 10.3. The first kappa shape index (κ1) is 25.7. The number of hydrogen-bond acceptors (Lipinski definition) is 8. The maximum absolute atomic E-state index is 6.38. The van der Waals surface area contributed by atoms with Crippen LogP contribution in [0.15, 0.2) is 118 Å². The Labute approximate surface area is 243 Å². The Morgan fingerprint density at radius 3 is 1.19 bits per heavy atom. The van der Waals surface area contributed by atoms with E-state index in [1.54, 1.807) is 14.2 Å². The number of aromatic nitrogens is 4. The Morgan fingerprint density at radius 2 is 0.833 bits per heavy atom. The zero-order valence-electron chi connectivity index (χ0n) is 23.1. The van der Waals surface area contributed by atoms with Crippen LogP contribution in [0.25, 0.3) is 22.9 Å². The molecule has 4 atom stereocenters. The van der Waals surface area contributed by atoms with Crippen molar-refractivity contribution in [3.05, 3.63) is 132 Å². The largest absolute Gasteiger partial charge is 0.497 e. The second kappa shape index (κ2) is 11.0. The van der Waals surface area contributed by atoms with Crippen molar-refractivity contribution in [1.82, 2.24) is 20.4 Å². The van der Waals surface area contributed by atoms with E-state index in [-0.39, 0.29) is 23.7 Å². The molecular weight excluding hydrogens is 528 g/mol. The first-order valence-electron chi connectivity index (χ1n) is 13.8. The van der Waals surface area contributed by atoms with Gasteiger partial charge in [-0.05, 0) is 59.7 Å². The Balaban J connectivity index is 1.36. The number of benzene rings is 4. The quantitative estimate of drug-likeness (QED) is 0.193. The molecule has 1 aliphatic carbocycles. The lowest BCUT2D eigenvalue weighted by molar-refractivity contribution is 0.168. The van der Waals surface area contributed by atoms with Gasteiger partial charge in [-0.3, -0.25) is 0 Å². The summed E-state index contributed by atoms with van der Waals surface area (Å²) in [5, 5.41) is 18.0. The van der Waals surface area contributed by atoms with Crippen molar-refractivity contribution in [2.24, 2.45) is 0 Å². The summed E-state index contributed by atoms with van der Waals surface area (Å²) in [6.45, 7) is 0. The molecule has 6 aromatic rings. The molecule has 0 unspecified atom stereocenters. The summed E-state index contributed by atoms with van der Waals surface area (Å²) in [7, 11) is 3.33. The van der Waals surface area contributed by atoms with Crippen LogP contribution >= 0.6 is 0 Å². The van der Waals surface area contributed by atoms with Gasteiger partial charge in [-0.2, -0.15) is 0 Å². The summed E-state index contributed by atoms with van der Waals surface area (Å²) < 4.78 is 23.7. The lowest BCUT2D eigenvalue weighted by Gasteiger charge is -2.49. The summed E-state index contributed by atoms with van der Waals surface area (Å²) in [4.78, 5) is 0. The first-order chi connectivity index (χ1) is 20.7. The molecule has 1 saturated carbocycles. The van der Waals surface area contributed by atoms with Gasteiger partial charge in [0.15, 0.2) is 0 Å². The fraction of sp³-hybridized carbons (Fsp3) is 0.176. The summed E-state index contributed by atoms with van der Waals surface area (Å²) >= 11 is 0. The molecule has 2 aromatic heterocycles. The maximum Gasteiger partial charge on any atom is 0.247 e. The van der Waals surface area contributed by atoms with E-state index in [4.69, 9.17) is 18.3 Å². The Kier molecular flexibility index (Phi) is 6.71. The molecule has 0 amide bonds. The standard InChI is InChI=1S/C34H28N4O4/c1-39-25-17-13-21(14-18-25)27-28(22-15-19-26(40-2)20-16-22)30(34-38-36-32(42-34)24-11-7-4-8-12-24)29(27)33-37-35-31(41-33)23-9-5-3-6-10-23/h3-20,27-30H,1-2H3/t27-,28+,29+,30-. The molecule has 0 spiro atoms. The van der Waals surface area contributed by atoms with E-state index in [1.807, 2.05) is 84.9 Å². The summed E-state index contributed by atoms with van der Waals surface area (Å²) in [5.41, 5.74) is 3.98. The molecule has 8 heteroatoms. The fourth-order valence-corrected chi connectivity index (χ4v) is 5.98. The predicted octanol–water partition coefficient (Wildman–Crippen LogP) is 7.25. The Morgan fingerprint density at radius 1 is 0.452 bits per heavy atom. The lowest BCUT2D eigenvalue weighted by Crippen LogP contribution is -2.40. The minimum absolute atomic E-state index is 0.00884. The number of ether oxygens (including phenoxy) is 2. The summed E-state index contributed by atoms with van der Waals surface area (Å²) in [6, 6.07) is 35.9. The average Bonchev–Trinajstić information content (AvgIpc) is 3.73. The van der Waals surface area contributed by atoms with Gasteiger partial charge < -0.3 is 18.3 Å². The predicted molar refractivity (Wildman–Crippen MR) is 156 cm³/mol. The van der Waals surface area contributed by atoms with Crippen molar-refractivity contribution < 1.29 is 18.3 Å². The third-order valence-corrected chi connectivity index (χ3v) is 8.04. The zero-order valence-corrected chi connectivity index (χ0v) is 23.1. The van der Waals surface area contributed by atoms with Crippen molar-refractivity contribution in [2.45, 2.75) is 23.7 Å². The first-order valence-corrected chi connectivity index (χ1v) is 13.8. The van der Waals surface area contributed by atoms with Crippen molar-refractivity contribution in [3.63, 3.8) is 0 Å². The minimum atomic E-state index is -0.209. The summed E-state index contributed by atoms with van der Waals surface area (Å²) in [5.74, 6) is 3.16. The lowest BCUT2D eigenvalue weighted by atomic mass is 9.52. The second-order valence-electron chi connectivity index (χ2n) is 10.3. The number of hydrogen-bond donors (Lipinski definition) is 0. The van der Waals surface area contributed by atoms with Gasteiger partial charge in [0.25, 0.3) is 0 Å². The Hall–Kier alpha value is -5.24.